The number of halogens is 1. The average molecular weight is 351 g/mol. The molecule has 0 amide bonds. The van der Waals surface area contributed by atoms with E-state index in [0.717, 1.165) is 16.5 Å². The van der Waals surface area contributed by atoms with Crippen molar-refractivity contribution in [2.45, 2.75) is 38.3 Å². The number of likely N-dealkylation sites (N-methyl/N-ethyl adjacent to an activating group) is 1. The van der Waals surface area contributed by atoms with E-state index in [1.165, 1.54) is 0 Å². The molecule has 6 heteroatoms. The maximum Gasteiger partial charge on any atom is 0.323 e. The second-order valence-electron chi connectivity index (χ2n) is 4.02. The summed E-state index contributed by atoms with van der Waals surface area (Å²) in [6.07, 6.45) is 5.72. The lowest BCUT2D eigenvalue weighted by molar-refractivity contribution is -0.145. The zero-order valence-electron chi connectivity index (χ0n) is 10.1. The van der Waals surface area contributed by atoms with Crippen LogP contribution in [0, 0.1) is 3.57 Å². The number of hydrogen-bond donors (Lipinski definition) is 2. The summed E-state index contributed by atoms with van der Waals surface area (Å²) in [4.78, 5) is 11.2. The number of rotatable bonds is 7. The molecule has 17 heavy (non-hydrogen) atoms. The average Bonchev–Trinajstić information content (AvgIpc) is 2.70. The Labute approximate surface area is 115 Å². The van der Waals surface area contributed by atoms with Crippen molar-refractivity contribution in [1.82, 2.24) is 15.1 Å². The van der Waals surface area contributed by atoms with Crippen molar-refractivity contribution in [2.75, 3.05) is 7.05 Å². The van der Waals surface area contributed by atoms with E-state index in [2.05, 4.69) is 33.0 Å². The highest BCUT2D eigenvalue weighted by Gasteiger charge is 2.34. The van der Waals surface area contributed by atoms with E-state index in [1.54, 1.807) is 13.2 Å². The highest BCUT2D eigenvalue weighted by atomic mass is 127. The van der Waals surface area contributed by atoms with E-state index in [-0.39, 0.29) is 0 Å². The third kappa shape index (κ3) is 3.67. The van der Waals surface area contributed by atoms with Gasteiger partial charge in [0.15, 0.2) is 0 Å². The van der Waals surface area contributed by atoms with E-state index in [4.69, 9.17) is 0 Å². The first-order valence-corrected chi connectivity index (χ1v) is 6.72. The zero-order chi connectivity index (χ0) is 12.9. The van der Waals surface area contributed by atoms with Crippen LogP contribution in [0.5, 0.6) is 0 Å². The fourth-order valence-corrected chi connectivity index (χ4v) is 2.29. The Balaban J connectivity index is 2.50. The molecule has 0 aromatic carbocycles. The summed E-state index contributed by atoms with van der Waals surface area (Å²) in [5.41, 5.74) is -0.805. The van der Waals surface area contributed by atoms with Gasteiger partial charge in [0.2, 0.25) is 0 Å². The van der Waals surface area contributed by atoms with Crippen LogP contribution in [0.2, 0.25) is 0 Å². The smallest absolute Gasteiger partial charge is 0.323 e. The number of nitrogens with one attached hydrogen (secondary N) is 1. The van der Waals surface area contributed by atoms with Gasteiger partial charge in [-0.15, -0.1) is 0 Å². The minimum Gasteiger partial charge on any atom is -0.480 e. The Morgan fingerprint density at radius 2 is 2.41 bits per heavy atom. The summed E-state index contributed by atoms with van der Waals surface area (Å²) in [6.45, 7) is 2.64. The van der Waals surface area contributed by atoms with Gasteiger partial charge in [0.25, 0.3) is 0 Å². The van der Waals surface area contributed by atoms with Crippen LogP contribution in [0.3, 0.4) is 0 Å². The van der Waals surface area contributed by atoms with Crippen LogP contribution in [0.15, 0.2) is 12.4 Å². The molecule has 1 unspecified atom stereocenters. The van der Waals surface area contributed by atoms with Gasteiger partial charge in [-0.3, -0.25) is 9.48 Å². The van der Waals surface area contributed by atoms with Crippen LogP contribution in [0.1, 0.15) is 26.2 Å². The normalized spacial score (nSPS) is 14.5. The minimum absolute atomic E-state index is 0.579. The number of aliphatic carboxylic acids is 1. The SMILES string of the molecule is CCC(CCCn1cc(I)cn1)(NC)C(=O)O. The Kier molecular flexibility index (Phi) is 5.38. The summed E-state index contributed by atoms with van der Waals surface area (Å²) < 4.78 is 2.94. The molecule has 1 heterocycles. The number of aromatic nitrogens is 2. The number of nitrogens with zero attached hydrogens (tertiary/aromatic N) is 2. The topological polar surface area (TPSA) is 67.2 Å². The van der Waals surface area contributed by atoms with Gasteiger partial charge < -0.3 is 10.4 Å². The number of carboxylic acids is 1. The fraction of sp³-hybridized carbons (Fsp3) is 0.636. The van der Waals surface area contributed by atoms with Crippen LogP contribution in [-0.4, -0.2) is 33.4 Å². The largest absolute Gasteiger partial charge is 0.480 e. The second kappa shape index (κ2) is 6.34. The molecule has 1 aromatic heterocycles. The lowest BCUT2D eigenvalue weighted by atomic mass is 9.90. The molecule has 0 saturated heterocycles. The number of hydrogen-bond acceptors (Lipinski definition) is 3. The highest BCUT2D eigenvalue weighted by molar-refractivity contribution is 14.1. The van der Waals surface area contributed by atoms with Gasteiger partial charge in [-0.2, -0.15) is 5.10 Å². The standard InChI is InChI=1S/C11H18IN3O2/c1-3-11(13-2,10(16)17)5-4-6-15-8-9(12)7-14-15/h7-8,13H,3-6H2,1-2H3,(H,16,17). The highest BCUT2D eigenvalue weighted by Crippen LogP contribution is 2.18. The maximum atomic E-state index is 11.2. The summed E-state index contributed by atoms with van der Waals surface area (Å²) in [7, 11) is 1.70. The minimum atomic E-state index is -0.805. The molecule has 2 N–H and O–H groups in total. The zero-order valence-corrected chi connectivity index (χ0v) is 12.3. The molecule has 0 fully saturated rings. The first-order valence-electron chi connectivity index (χ1n) is 5.64. The molecule has 0 aliphatic rings. The molecule has 1 rings (SSSR count). The molecule has 1 aromatic rings. The summed E-state index contributed by atoms with van der Waals surface area (Å²) >= 11 is 2.20. The third-order valence-corrected chi connectivity index (χ3v) is 3.64. The number of carboxylic acid groups (broad SMARTS) is 1. The van der Waals surface area contributed by atoms with Crippen LogP contribution >= 0.6 is 22.6 Å². The van der Waals surface area contributed by atoms with Gasteiger partial charge in [-0.05, 0) is 48.9 Å². The predicted octanol–water partition coefficient (Wildman–Crippen LogP) is 1.72. The quantitative estimate of drug-likeness (QED) is 0.735. The van der Waals surface area contributed by atoms with E-state index in [1.807, 2.05) is 17.8 Å². The molecule has 0 aliphatic carbocycles. The Morgan fingerprint density at radius 1 is 1.71 bits per heavy atom. The molecule has 0 bridgehead atoms. The molecule has 0 aliphatic heterocycles. The monoisotopic (exact) mass is 351 g/mol. The van der Waals surface area contributed by atoms with E-state index in [0.29, 0.717) is 12.8 Å². The summed E-state index contributed by atoms with van der Waals surface area (Å²) in [5.74, 6) is -0.780. The second-order valence-corrected chi connectivity index (χ2v) is 5.26. The molecule has 0 saturated carbocycles. The van der Waals surface area contributed by atoms with Gasteiger partial charge in [-0.1, -0.05) is 6.92 Å². The molecule has 96 valence electrons. The van der Waals surface area contributed by atoms with Crippen LogP contribution < -0.4 is 5.32 Å². The van der Waals surface area contributed by atoms with Crippen molar-refractivity contribution >= 4 is 28.6 Å². The van der Waals surface area contributed by atoms with Gasteiger partial charge >= 0.3 is 5.97 Å². The van der Waals surface area contributed by atoms with Crippen molar-refractivity contribution in [1.29, 1.82) is 0 Å². The van der Waals surface area contributed by atoms with Crippen molar-refractivity contribution in [2.24, 2.45) is 0 Å². The van der Waals surface area contributed by atoms with E-state index >= 15 is 0 Å². The first kappa shape index (κ1) is 14.4. The lowest BCUT2D eigenvalue weighted by Gasteiger charge is -2.27. The maximum absolute atomic E-state index is 11.2. The van der Waals surface area contributed by atoms with Crippen LogP contribution in [0.4, 0.5) is 0 Å². The Morgan fingerprint density at radius 3 is 2.82 bits per heavy atom. The number of aryl methyl sites for hydroxylation is 1. The molecule has 0 spiro atoms. The molecule has 0 radical (unpaired) electrons. The Bertz CT molecular complexity index is 375. The van der Waals surface area contributed by atoms with Crippen molar-refractivity contribution < 1.29 is 9.90 Å². The van der Waals surface area contributed by atoms with Crippen molar-refractivity contribution in [3.05, 3.63) is 16.0 Å². The van der Waals surface area contributed by atoms with Gasteiger partial charge in [0.1, 0.15) is 5.54 Å². The Hall–Kier alpha value is -0.630. The van der Waals surface area contributed by atoms with Gasteiger partial charge in [0.05, 0.1) is 9.77 Å². The van der Waals surface area contributed by atoms with E-state index < -0.39 is 11.5 Å². The molecule has 5 nitrogen and oxygen atoms in total. The molecular weight excluding hydrogens is 333 g/mol. The third-order valence-electron chi connectivity index (χ3n) is 3.08. The summed E-state index contributed by atoms with van der Waals surface area (Å²) in [5, 5.41) is 16.3. The number of carbonyl (C=O) groups is 1. The fourth-order valence-electron chi connectivity index (χ4n) is 1.85. The van der Waals surface area contributed by atoms with Gasteiger partial charge in [0, 0.05) is 12.7 Å². The summed E-state index contributed by atoms with van der Waals surface area (Å²) in [6, 6.07) is 0. The van der Waals surface area contributed by atoms with Crippen molar-refractivity contribution in [3.8, 4) is 0 Å². The van der Waals surface area contributed by atoms with Crippen LogP contribution in [0.25, 0.3) is 0 Å². The first-order chi connectivity index (χ1) is 8.04. The lowest BCUT2D eigenvalue weighted by Crippen LogP contribution is -2.49. The van der Waals surface area contributed by atoms with Crippen molar-refractivity contribution in [3.63, 3.8) is 0 Å². The molecular formula is C11H18IN3O2. The van der Waals surface area contributed by atoms with Gasteiger partial charge in [-0.25, -0.2) is 0 Å². The van der Waals surface area contributed by atoms with E-state index in [9.17, 15) is 9.90 Å². The molecule has 1 atom stereocenters. The predicted molar refractivity (Wildman–Crippen MR) is 73.9 cm³/mol. The van der Waals surface area contributed by atoms with Crippen LogP contribution in [-0.2, 0) is 11.3 Å².